The van der Waals surface area contributed by atoms with Crippen LogP contribution in [0, 0.1) is 5.92 Å². The van der Waals surface area contributed by atoms with E-state index in [1.807, 2.05) is 26.0 Å². The van der Waals surface area contributed by atoms with E-state index in [9.17, 15) is 13.2 Å². The predicted octanol–water partition coefficient (Wildman–Crippen LogP) is 1.33. The van der Waals surface area contributed by atoms with E-state index in [4.69, 9.17) is 9.47 Å². The van der Waals surface area contributed by atoms with Crippen molar-refractivity contribution in [3.05, 3.63) is 23.8 Å². The highest BCUT2D eigenvalue weighted by molar-refractivity contribution is 7.91. The van der Waals surface area contributed by atoms with Gasteiger partial charge in [0, 0.05) is 18.5 Å². The highest BCUT2D eigenvalue weighted by Crippen LogP contribution is 2.41. The van der Waals surface area contributed by atoms with Gasteiger partial charge in [0.2, 0.25) is 0 Å². The van der Waals surface area contributed by atoms with Gasteiger partial charge in [0.05, 0.1) is 11.5 Å². The zero-order valence-corrected chi connectivity index (χ0v) is 14.8. The molecule has 7 heteroatoms. The summed E-state index contributed by atoms with van der Waals surface area (Å²) in [5.74, 6) is 1.39. The van der Waals surface area contributed by atoms with E-state index in [1.54, 1.807) is 6.07 Å². The Bertz CT molecular complexity index is 741. The van der Waals surface area contributed by atoms with Crippen molar-refractivity contribution in [2.75, 3.05) is 24.7 Å². The number of nitrogens with one attached hydrogen (secondary N) is 1. The molecule has 0 radical (unpaired) electrons. The molecule has 6 nitrogen and oxygen atoms in total. The molecule has 1 saturated heterocycles. The molecular formula is C17H23NO5S. The van der Waals surface area contributed by atoms with E-state index >= 15 is 0 Å². The van der Waals surface area contributed by atoms with Crippen molar-refractivity contribution in [1.29, 1.82) is 0 Å². The van der Waals surface area contributed by atoms with Crippen LogP contribution in [0.5, 0.6) is 11.5 Å². The first-order valence-electron chi connectivity index (χ1n) is 8.15. The summed E-state index contributed by atoms with van der Waals surface area (Å²) in [6.45, 7) is 4.29. The fourth-order valence-electron chi connectivity index (χ4n) is 3.19. The first kappa shape index (κ1) is 17.1. The van der Waals surface area contributed by atoms with Crippen LogP contribution < -0.4 is 14.8 Å². The Labute approximate surface area is 142 Å². The van der Waals surface area contributed by atoms with Crippen molar-refractivity contribution in [3.63, 3.8) is 0 Å². The third kappa shape index (κ3) is 4.01. The maximum Gasteiger partial charge on any atom is 0.257 e. The van der Waals surface area contributed by atoms with Gasteiger partial charge < -0.3 is 14.8 Å². The highest BCUT2D eigenvalue weighted by Gasteiger charge is 2.32. The minimum Gasteiger partial charge on any atom is -0.483 e. The topological polar surface area (TPSA) is 81.7 Å². The van der Waals surface area contributed by atoms with E-state index in [-0.39, 0.29) is 35.5 Å². The number of hydrogen-bond donors (Lipinski definition) is 1. The van der Waals surface area contributed by atoms with Crippen molar-refractivity contribution in [2.45, 2.75) is 32.3 Å². The number of rotatable bonds is 5. The standard InChI is InChI=1S/C17H23NO5S/c1-17(2)8-13-4-3-5-14(16(13)23-17)22-10-15(19)18-9-12-6-7-24(20,21)11-12/h3-5,12H,6-11H2,1-2H3,(H,18,19). The van der Waals surface area contributed by atoms with E-state index in [0.717, 1.165) is 12.0 Å². The van der Waals surface area contributed by atoms with Crippen LogP contribution in [0.3, 0.4) is 0 Å². The average Bonchev–Trinajstić information content (AvgIpc) is 3.00. The number of para-hydroxylation sites is 1. The Morgan fingerprint density at radius 3 is 2.92 bits per heavy atom. The summed E-state index contributed by atoms with van der Waals surface area (Å²) in [5.41, 5.74) is 0.812. The lowest BCUT2D eigenvalue weighted by Crippen LogP contribution is -2.33. The summed E-state index contributed by atoms with van der Waals surface area (Å²) in [4.78, 5) is 11.9. The molecule has 1 unspecified atom stereocenters. The molecular weight excluding hydrogens is 330 g/mol. The molecule has 2 aliphatic rings. The summed E-state index contributed by atoms with van der Waals surface area (Å²) in [6, 6.07) is 5.68. The minimum atomic E-state index is -2.92. The number of amides is 1. The van der Waals surface area contributed by atoms with E-state index in [1.165, 1.54) is 0 Å². The third-order valence-electron chi connectivity index (χ3n) is 4.33. The van der Waals surface area contributed by atoms with Gasteiger partial charge in [-0.3, -0.25) is 4.79 Å². The van der Waals surface area contributed by atoms with Crippen molar-refractivity contribution in [1.82, 2.24) is 5.32 Å². The van der Waals surface area contributed by atoms with Gasteiger partial charge in [-0.25, -0.2) is 8.42 Å². The molecule has 1 aromatic rings. The molecule has 1 aromatic carbocycles. The highest BCUT2D eigenvalue weighted by atomic mass is 32.2. The number of sulfone groups is 1. The molecule has 0 aliphatic carbocycles. The van der Waals surface area contributed by atoms with Gasteiger partial charge in [-0.2, -0.15) is 0 Å². The Kier molecular flexibility index (Phi) is 4.46. The third-order valence-corrected chi connectivity index (χ3v) is 6.17. The maximum atomic E-state index is 11.9. The summed E-state index contributed by atoms with van der Waals surface area (Å²) >= 11 is 0. The maximum absolute atomic E-state index is 11.9. The second-order valence-electron chi connectivity index (χ2n) is 7.14. The molecule has 0 bridgehead atoms. The van der Waals surface area contributed by atoms with E-state index in [2.05, 4.69) is 5.32 Å². The van der Waals surface area contributed by atoms with Gasteiger partial charge >= 0.3 is 0 Å². The summed E-state index contributed by atoms with van der Waals surface area (Å²) in [6.07, 6.45) is 1.42. The fraction of sp³-hybridized carbons (Fsp3) is 0.588. The zero-order valence-electron chi connectivity index (χ0n) is 14.0. The lowest BCUT2D eigenvalue weighted by molar-refractivity contribution is -0.123. The van der Waals surface area contributed by atoms with E-state index < -0.39 is 9.84 Å². The van der Waals surface area contributed by atoms with Crippen LogP contribution in [0.15, 0.2) is 18.2 Å². The number of carbonyl (C=O) groups is 1. The number of hydrogen-bond acceptors (Lipinski definition) is 5. The molecule has 2 heterocycles. The quantitative estimate of drug-likeness (QED) is 0.864. The molecule has 2 aliphatic heterocycles. The Balaban J connectivity index is 1.50. The van der Waals surface area contributed by atoms with Crippen LogP contribution in [-0.2, 0) is 21.1 Å². The predicted molar refractivity (Wildman–Crippen MR) is 90.1 cm³/mol. The Hall–Kier alpha value is -1.76. The second kappa shape index (κ2) is 6.27. The van der Waals surface area contributed by atoms with E-state index in [0.29, 0.717) is 24.5 Å². The monoisotopic (exact) mass is 353 g/mol. The van der Waals surface area contributed by atoms with Gasteiger partial charge in [-0.05, 0) is 32.3 Å². The Morgan fingerprint density at radius 2 is 2.21 bits per heavy atom. The summed E-state index contributed by atoms with van der Waals surface area (Å²) in [5, 5.41) is 2.75. The summed E-state index contributed by atoms with van der Waals surface area (Å²) < 4.78 is 34.3. The first-order chi connectivity index (χ1) is 11.2. The van der Waals surface area contributed by atoms with Gasteiger partial charge in [0.15, 0.2) is 27.9 Å². The van der Waals surface area contributed by atoms with Crippen molar-refractivity contribution < 1.29 is 22.7 Å². The van der Waals surface area contributed by atoms with Crippen molar-refractivity contribution in [2.24, 2.45) is 5.92 Å². The van der Waals surface area contributed by atoms with Crippen LogP contribution in [0.4, 0.5) is 0 Å². The normalized spacial score (nSPS) is 23.3. The molecule has 0 saturated carbocycles. The van der Waals surface area contributed by atoms with Crippen molar-refractivity contribution in [3.8, 4) is 11.5 Å². The zero-order chi connectivity index (χ0) is 17.4. The number of fused-ring (bicyclic) bond motifs is 1. The van der Waals surface area contributed by atoms with Crippen LogP contribution in [0.1, 0.15) is 25.8 Å². The molecule has 0 aromatic heterocycles. The molecule has 24 heavy (non-hydrogen) atoms. The van der Waals surface area contributed by atoms with Crippen LogP contribution in [-0.4, -0.2) is 44.6 Å². The number of carbonyl (C=O) groups excluding carboxylic acids is 1. The Morgan fingerprint density at radius 1 is 1.42 bits per heavy atom. The SMILES string of the molecule is CC1(C)Cc2cccc(OCC(=O)NCC3CCS(=O)(=O)C3)c2O1. The van der Waals surface area contributed by atoms with Crippen LogP contribution in [0.2, 0.25) is 0 Å². The van der Waals surface area contributed by atoms with Crippen LogP contribution >= 0.6 is 0 Å². The molecule has 1 fully saturated rings. The lowest BCUT2D eigenvalue weighted by Gasteiger charge is -2.18. The molecule has 1 atom stereocenters. The minimum absolute atomic E-state index is 0.00375. The average molecular weight is 353 g/mol. The van der Waals surface area contributed by atoms with Gasteiger partial charge in [-0.15, -0.1) is 0 Å². The molecule has 132 valence electrons. The van der Waals surface area contributed by atoms with Crippen molar-refractivity contribution >= 4 is 15.7 Å². The molecule has 1 amide bonds. The first-order valence-corrected chi connectivity index (χ1v) is 9.97. The van der Waals surface area contributed by atoms with Gasteiger partial charge in [0.25, 0.3) is 5.91 Å². The molecule has 1 N–H and O–H groups in total. The molecule has 0 spiro atoms. The second-order valence-corrected chi connectivity index (χ2v) is 9.37. The largest absolute Gasteiger partial charge is 0.483 e. The van der Waals surface area contributed by atoms with Crippen LogP contribution in [0.25, 0.3) is 0 Å². The smallest absolute Gasteiger partial charge is 0.257 e. The fourth-order valence-corrected chi connectivity index (χ4v) is 5.05. The van der Waals surface area contributed by atoms with Gasteiger partial charge in [-0.1, -0.05) is 12.1 Å². The summed E-state index contributed by atoms with van der Waals surface area (Å²) in [7, 11) is -2.92. The lowest BCUT2D eigenvalue weighted by atomic mass is 10.0. The van der Waals surface area contributed by atoms with Gasteiger partial charge in [0.1, 0.15) is 5.60 Å². The molecule has 3 rings (SSSR count). The number of ether oxygens (including phenoxy) is 2. The number of benzene rings is 1.